The summed E-state index contributed by atoms with van der Waals surface area (Å²) in [6.07, 6.45) is 1.58. The first kappa shape index (κ1) is 22.9. The molecule has 0 radical (unpaired) electrons. The molecule has 172 valence electrons. The number of benzene rings is 3. The smallest absolute Gasteiger partial charge is 0.252 e. The largest absolute Gasteiger partial charge is 0.456 e. The van der Waals surface area contributed by atoms with Crippen molar-refractivity contribution in [2.75, 3.05) is 4.90 Å². The normalized spacial score (nSPS) is 10.7. The van der Waals surface area contributed by atoms with Crippen molar-refractivity contribution < 1.29 is 18.3 Å². The fourth-order valence-electron chi connectivity index (χ4n) is 3.74. The highest BCUT2D eigenvalue weighted by molar-refractivity contribution is 5.95. The van der Waals surface area contributed by atoms with Gasteiger partial charge in [-0.25, -0.2) is 13.8 Å². The predicted molar refractivity (Wildman–Crippen MR) is 127 cm³/mol. The molecule has 4 aromatic rings. The van der Waals surface area contributed by atoms with Crippen molar-refractivity contribution in [1.82, 2.24) is 4.98 Å². The third-order valence-electron chi connectivity index (χ3n) is 5.33. The van der Waals surface area contributed by atoms with Gasteiger partial charge in [-0.1, -0.05) is 24.3 Å². The molecule has 0 spiro atoms. The molecule has 0 saturated heterocycles. The zero-order chi connectivity index (χ0) is 24.2. The molecule has 0 bridgehead atoms. The maximum absolute atomic E-state index is 13.9. The average molecular weight is 459 g/mol. The molecule has 34 heavy (non-hydrogen) atoms. The van der Waals surface area contributed by atoms with Crippen LogP contribution in [0.1, 0.15) is 27.0 Å². The molecule has 1 aromatic heterocycles. The lowest BCUT2D eigenvalue weighted by Gasteiger charge is -2.27. The van der Waals surface area contributed by atoms with E-state index in [4.69, 9.17) is 10.5 Å². The number of ether oxygens (including phenoxy) is 1. The van der Waals surface area contributed by atoms with Crippen LogP contribution in [0.3, 0.4) is 0 Å². The van der Waals surface area contributed by atoms with E-state index >= 15 is 0 Å². The van der Waals surface area contributed by atoms with E-state index in [1.54, 1.807) is 36.5 Å². The van der Waals surface area contributed by atoms with Gasteiger partial charge in [0, 0.05) is 30.1 Å². The quantitative estimate of drug-likeness (QED) is 0.357. The highest BCUT2D eigenvalue weighted by Crippen LogP contribution is 2.36. The van der Waals surface area contributed by atoms with E-state index in [0.717, 1.165) is 17.3 Å². The Kier molecular flexibility index (Phi) is 6.54. The van der Waals surface area contributed by atoms with Crippen LogP contribution in [0.5, 0.6) is 11.5 Å². The van der Waals surface area contributed by atoms with Gasteiger partial charge in [0.2, 0.25) is 0 Å². The SMILES string of the molecule is Cc1cccc(N(Cc2cc(F)cc(F)c2)c2nccc(Oc3ccccc3C(N)=O)c2C)c1. The van der Waals surface area contributed by atoms with Crippen molar-refractivity contribution in [1.29, 1.82) is 0 Å². The van der Waals surface area contributed by atoms with Crippen molar-refractivity contribution in [3.05, 3.63) is 113 Å². The van der Waals surface area contributed by atoms with E-state index in [1.165, 1.54) is 12.1 Å². The van der Waals surface area contributed by atoms with E-state index in [0.29, 0.717) is 28.4 Å². The lowest BCUT2D eigenvalue weighted by molar-refractivity contribution is 0.0998. The van der Waals surface area contributed by atoms with E-state index in [1.807, 2.05) is 43.0 Å². The second kappa shape index (κ2) is 9.70. The Bertz CT molecular complexity index is 1340. The van der Waals surface area contributed by atoms with Crippen LogP contribution in [-0.4, -0.2) is 10.9 Å². The lowest BCUT2D eigenvalue weighted by atomic mass is 10.1. The number of aryl methyl sites for hydroxylation is 1. The van der Waals surface area contributed by atoms with Crippen LogP contribution in [0.15, 0.2) is 79.0 Å². The highest BCUT2D eigenvalue weighted by Gasteiger charge is 2.19. The van der Waals surface area contributed by atoms with Crippen LogP contribution in [0.25, 0.3) is 0 Å². The minimum Gasteiger partial charge on any atom is -0.456 e. The molecule has 0 aliphatic rings. The Morgan fingerprint density at radius 2 is 1.68 bits per heavy atom. The number of hydrogen-bond donors (Lipinski definition) is 1. The summed E-state index contributed by atoms with van der Waals surface area (Å²) < 4.78 is 33.9. The van der Waals surface area contributed by atoms with Gasteiger partial charge in [-0.3, -0.25) is 4.79 Å². The van der Waals surface area contributed by atoms with Crippen molar-refractivity contribution in [2.24, 2.45) is 5.73 Å². The lowest BCUT2D eigenvalue weighted by Crippen LogP contribution is -2.19. The van der Waals surface area contributed by atoms with Crippen LogP contribution in [0, 0.1) is 25.5 Å². The van der Waals surface area contributed by atoms with E-state index in [9.17, 15) is 13.6 Å². The summed E-state index contributed by atoms with van der Waals surface area (Å²) in [5, 5.41) is 0. The summed E-state index contributed by atoms with van der Waals surface area (Å²) in [7, 11) is 0. The molecule has 2 N–H and O–H groups in total. The molecule has 4 rings (SSSR count). The molecule has 0 atom stereocenters. The molecular weight excluding hydrogens is 436 g/mol. The topological polar surface area (TPSA) is 68.5 Å². The molecule has 3 aromatic carbocycles. The summed E-state index contributed by atoms with van der Waals surface area (Å²) in [4.78, 5) is 18.2. The summed E-state index contributed by atoms with van der Waals surface area (Å²) in [5.41, 5.74) is 8.69. The van der Waals surface area contributed by atoms with Gasteiger partial charge in [-0.2, -0.15) is 0 Å². The number of carbonyl (C=O) groups excluding carboxylic acids is 1. The van der Waals surface area contributed by atoms with Crippen molar-refractivity contribution in [3.8, 4) is 11.5 Å². The number of halogens is 2. The van der Waals surface area contributed by atoms with E-state index in [-0.39, 0.29) is 12.1 Å². The summed E-state index contributed by atoms with van der Waals surface area (Å²) >= 11 is 0. The third kappa shape index (κ3) is 5.04. The summed E-state index contributed by atoms with van der Waals surface area (Å²) in [5.74, 6) is -0.555. The van der Waals surface area contributed by atoms with E-state index in [2.05, 4.69) is 4.98 Å². The summed E-state index contributed by atoms with van der Waals surface area (Å²) in [6, 6.07) is 19.6. The molecule has 5 nitrogen and oxygen atoms in total. The molecule has 0 fully saturated rings. The monoisotopic (exact) mass is 459 g/mol. The molecule has 0 saturated carbocycles. The number of pyridine rings is 1. The minimum absolute atomic E-state index is 0.174. The number of amides is 1. The predicted octanol–water partition coefficient (Wildman–Crippen LogP) is 6.21. The van der Waals surface area contributed by atoms with Gasteiger partial charge in [0.05, 0.1) is 5.56 Å². The molecule has 7 heteroatoms. The van der Waals surface area contributed by atoms with Gasteiger partial charge in [-0.05, 0) is 67.4 Å². The Morgan fingerprint density at radius 1 is 0.941 bits per heavy atom. The molecular formula is C27H23F2N3O2. The van der Waals surface area contributed by atoms with E-state index < -0.39 is 17.5 Å². The first-order chi connectivity index (χ1) is 16.3. The van der Waals surface area contributed by atoms with Gasteiger partial charge >= 0.3 is 0 Å². The van der Waals surface area contributed by atoms with Gasteiger partial charge < -0.3 is 15.4 Å². The second-order valence-electron chi connectivity index (χ2n) is 7.92. The number of nitrogens with two attached hydrogens (primary N) is 1. The molecule has 0 aliphatic carbocycles. The third-order valence-corrected chi connectivity index (χ3v) is 5.33. The fourth-order valence-corrected chi connectivity index (χ4v) is 3.74. The average Bonchev–Trinajstić information content (AvgIpc) is 2.79. The fraction of sp³-hybridized carbons (Fsp3) is 0.111. The van der Waals surface area contributed by atoms with Gasteiger partial charge in [0.25, 0.3) is 5.91 Å². The molecule has 0 unspecified atom stereocenters. The standard InChI is InChI=1S/C27H23F2N3O2/c1-17-6-5-7-22(12-17)32(16-19-13-20(28)15-21(29)14-19)27-18(2)24(10-11-31-27)34-25-9-4-3-8-23(25)26(30)33/h3-15H,16H2,1-2H3,(H2,30,33). The number of rotatable bonds is 7. The number of nitrogens with zero attached hydrogens (tertiary/aromatic N) is 2. The maximum atomic E-state index is 13.9. The highest BCUT2D eigenvalue weighted by atomic mass is 19.1. The van der Waals surface area contributed by atoms with Crippen molar-refractivity contribution in [2.45, 2.75) is 20.4 Å². The summed E-state index contributed by atoms with van der Waals surface area (Å²) in [6.45, 7) is 3.97. The Labute approximate surface area is 196 Å². The van der Waals surface area contributed by atoms with Gasteiger partial charge in [0.15, 0.2) is 0 Å². The maximum Gasteiger partial charge on any atom is 0.252 e. The van der Waals surface area contributed by atoms with Crippen LogP contribution < -0.4 is 15.4 Å². The zero-order valence-electron chi connectivity index (χ0n) is 18.8. The van der Waals surface area contributed by atoms with Gasteiger partial charge in [0.1, 0.15) is 29.0 Å². The first-order valence-corrected chi connectivity index (χ1v) is 10.6. The molecule has 0 aliphatic heterocycles. The van der Waals surface area contributed by atoms with Crippen LogP contribution in [0.4, 0.5) is 20.3 Å². The number of carbonyl (C=O) groups is 1. The van der Waals surface area contributed by atoms with Crippen LogP contribution in [0.2, 0.25) is 0 Å². The van der Waals surface area contributed by atoms with Gasteiger partial charge in [-0.15, -0.1) is 0 Å². The molecule has 1 heterocycles. The Balaban J connectivity index is 1.78. The number of para-hydroxylation sites is 1. The Morgan fingerprint density at radius 3 is 2.38 bits per heavy atom. The number of hydrogen-bond acceptors (Lipinski definition) is 4. The van der Waals surface area contributed by atoms with Crippen LogP contribution >= 0.6 is 0 Å². The van der Waals surface area contributed by atoms with Crippen LogP contribution in [-0.2, 0) is 6.54 Å². The molecule has 1 amide bonds. The number of aromatic nitrogens is 1. The minimum atomic E-state index is -0.649. The number of primary amides is 1. The van der Waals surface area contributed by atoms with Crippen molar-refractivity contribution in [3.63, 3.8) is 0 Å². The number of anilines is 2. The second-order valence-corrected chi connectivity index (χ2v) is 7.92. The Hall–Kier alpha value is -4.26. The first-order valence-electron chi connectivity index (χ1n) is 10.6. The van der Waals surface area contributed by atoms with Crippen molar-refractivity contribution >= 4 is 17.4 Å². The zero-order valence-corrected chi connectivity index (χ0v) is 18.8.